The molecular formula is C10H16Cl4N2O2S2. The molecule has 0 fully saturated rings. The van der Waals surface area contributed by atoms with Crippen LogP contribution in [0.1, 0.15) is 33.6 Å². The number of nitriles is 1. The van der Waals surface area contributed by atoms with E-state index in [0.29, 0.717) is 18.4 Å². The minimum absolute atomic E-state index is 0.163. The number of alkyl halides is 4. The average Bonchev–Trinajstić information content (AvgIpc) is 2.33. The van der Waals surface area contributed by atoms with E-state index < -0.39 is 23.3 Å². The monoisotopic (exact) mass is 400 g/mol. The van der Waals surface area contributed by atoms with Crippen molar-refractivity contribution in [1.82, 2.24) is 3.71 Å². The smallest absolute Gasteiger partial charge is 0.210 e. The van der Waals surface area contributed by atoms with Crippen molar-refractivity contribution in [1.29, 1.82) is 5.26 Å². The minimum atomic E-state index is -3.94. The van der Waals surface area contributed by atoms with Crippen LogP contribution in [0.5, 0.6) is 0 Å². The van der Waals surface area contributed by atoms with Gasteiger partial charge in [0.05, 0.1) is 6.07 Å². The molecule has 0 aromatic heterocycles. The highest BCUT2D eigenvalue weighted by Crippen LogP contribution is 2.46. The van der Waals surface area contributed by atoms with E-state index in [1.807, 2.05) is 6.92 Å². The number of rotatable bonds is 8. The van der Waals surface area contributed by atoms with Gasteiger partial charge in [0.2, 0.25) is 13.7 Å². The van der Waals surface area contributed by atoms with Gasteiger partial charge >= 0.3 is 0 Å². The van der Waals surface area contributed by atoms with Crippen LogP contribution in [0.4, 0.5) is 0 Å². The molecule has 0 rings (SSSR count). The number of sulfonamides is 1. The van der Waals surface area contributed by atoms with Crippen molar-refractivity contribution in [3.8, 4) is 6.07 Å². The fraction of sp³-hybridized carbons (Fsp3) is 0.900. The second-order valence-corrected chi connectivity index (χ2v) is 11.3. The summed E-state index contributed by atoms with van der Waals surface area (Å²) in [5.41, 5.74) is 0. The second-order valence-electron chi connectivity index (χ2n) is 4.46. The van der Waals surface area contributed by atoms with Gasteiger partial charge in [-0.3, -0.25) is 0 Å². The van der Waals surface area contributed by atoms with Gasteiger partial charge in [-0.05, 0) is 32.2 Å². The van der Waals surface area contributed by atoms with Gasteiger partial charge in [-0.15, -0.1) is 26.9 Å². The van der Waals surface area contributed by atoms with Crippen LogP contribution in [0.3, 0.4) is 0 Å². The van der Waals surface area contributed by atoms with E-state index >= 15 is 0 Å². The van der Waals surface area contributed by atoms with E-state index in [9.17, 15) is 8.42 Å². The van der Waals surface area contributed by atoms with Gasteiger partial charge in [0.15, 0.2) is 9.58 Å². The van der Waals surface area contributed by atoms with Crippen molar-refractivity contribution in [3.05, 3.63) is 0 Å². The molecule has 0 N–H and O–H groups in total. The first-order valence-corrected chi connectivity index (χ1v) is 9.55. The summed E-state index contributed by atoms with van der Waals surface area (Å²) < 4.78 is 22.6. The summed E-state index contributed by atoms with van der Waals surface area (Å²) in [7, 11) is -3.94. The molecule has 0 radical (unpaired) electrons. The van der Waals surface area contributed by atoms with Gasteiger partial charge in [-0.25, -0.2) is 8.42 Å². The molecule has 10 heteroatoms. The van der Waals surface area contributed by atoms with E-state index in [0.717, 1.165) is 10.1 Å². The van der Waals surface area contributed by atoms with Gasteiger partial charge in [0.1, 0.15) is 0 Å². The predicted octanol–water partition coefficient (Wildman–Crippen LogP) is 4.30. The van der Waals surface area contributed by atoms with Crippen LogP contribution in [0.2, 0.25) is 0 Å². The molecule has 118 valence electrons. The fourth-order valence-corrected chi connectivity index (χ4v) is 4.84. The third-order valence-electron chi connectivity index (χ3n) is 2.35. The van der Waals surface area contributed by atoms with Gasteiger partial charge < -0.3 is 0 Å². The van der Waals surface area contributed by atoms with Crippen molar-refractivity contribution >= 4 is 68.4 Å². The lowest BCUT2D eigenvalue weighted by molar-refractivity contribution is 0.511. The lowest BCUT2D eigenvalue weighted by Gasteiger charge is -2.31. The Morgan fingerprint density at radius 3 is 2.20 bits per heavy atom. The number of hydrogen-bond donors (Lipinski definition) is 0. The van der Waals surface area contributed by atoms with E-state index in [1.165, 1.54) is 13.8 Å². The Balaban J connectivity index is 5.44. The van der Waals surface area contributed by atoms with Crippen molar-refractivity contribution in [3.63, 3.8) is 0 Å². The van der Waals surface area contributed by atoms with E-state index in [-0.39, 0.29) is 6.54 Å². The standard InChI is InChI=1S/C10H16Cl4N2O2S2/c1-4-5-6-16(19-10(13,14)8(11)12)20(17,18)9(2,3)7-15/h8H,4-6H2,1-3H3. The maximum atomic E-state index is 12.5. The summed E-state index contributed by atoms with van der Waals surface area (Å²) in [5, 5.41) is 9.03. The molecule has 0 amide bonds. The number of hydrogen-bond acceptors (Lipinski definition) is 4. The normalized spacial score (nSPS) is 13.8. The molecule has 0 unspecified atom stereocenters. The molecule has 4 nitrogen and oxygen atoms in total. The summed E-state index contributed by atoms with van der Waals surface area (Å²) in [6.45, 7) is 4.69. The SMILES string of the molecule is CCCCN(SC(Cl)(Cl)C(Cl)Cl)S(=O)(=O)C(C)(C)C#N. The summed E-state index contributed by atoms with van der Waals surface area (Å²) in [5.74, 6) is 0. The maximum Gasteiger partial charge on any atom is 0.242 e. The van der Waals surface area contributed by atoms with E-state index in [2.05, 4.69) is 0 Å². The molecule has 0 saturated carbocycles. The summed E-state index contributed by atoms with van der Waals surface area (Å²) in [6, 6.07) is 1.76. The first-order chi connectivity index (χ1) is 8.92. The Hall–Kier alpha value is 0.910. The van der Waals surface area contributed by atoms with E-state index in [4.69, 9.17) is 51.7 Å². The quantitative estimate of drug-likeness (QED) is 0.449. The third-order valence-corrected chi connectivity index (χ3v) is 8.34. The number of unbranched alkanes of at least 4 members (excludes halogenated alkanes) is 1. The highest BCUT2D eigenvalue weighted by atomic mass is 35.5. The van der Waals surface area contributed by atoms with Crippen LogP contribution < -0.4 is 0 Å². The first-order valence-electron chi connectivity index (χ1n) is 5.71. The molecule has 0 saturated heterocycles. The Morgan fingerprint density at radius 2 is 1.85 bits per heavy atom. The Bertz CT molecular complexity index is 460. The maximum absolute atomic E-state index is 12.5. The van der Waals surface area contributed by atoms with Gasteiger partial charge in [-0.1, -0.05) is 36.5 Å². The lowest BCUT2D eigenvalue weighted by Crippen LogP contribution is -2.43. The van der Waals surface area contributed by atoms with Gasteiger partial charge in [-0.2, -0.15) is 5.26 Å². The van der Waals surface area contributed by atoms with Crippen LogP contribution in [-0.2, 0) is 10.0 Å². The van der Waals surface area contributed by atoms with Gasteiger partial charge in [0, 0.05) is 6.54 Å². The van der Waals surface area contributed by atoms with Crippen LogP contribution in [0.25, 0.3) is 0 Å². The first kappa shape index (κ1) is 20.9. The second kappa shape index (κ2) is 7.96. The van der Waals surface area contributed by atoms with Crippen LogP contribution in [0.15, 0.2) is 0 Å². The van der Waals surface area contributed by atoms with Crippen molar-refractivity contribution in [2.75, 3.05) is 6.54 Å². The summed E-state index contributed by atoms with van der Waals surface area (Å²) in [6.07, 6.45) is 1.36. The molecule has 0 atom stereocenters. The molecule has 0 aliphatic carbocycles. The molecule has 0 aliphatic heterocycles. The minimum Gasteiger partial charge on any atom is -0.210 e. The average molecular weight is 402 g/mol. The summed E-state index contributed by atoms with van der Waals surface area (Å²) >= 11 is 23.7. The molecule has 20 heavy (non-hydrogen) atoms. The fourth-order valence-electron chi connectivity index (χ4n) is 0.990. The highest BCUT2D eigenvalue weighted by Gasteiger charge is 2.45. The molecule has 0 aromatic carbocycles. The molecule has 0 aliphatic rings. The van der Waals surface area contributed by atoms with Crippen molar-refractivity contribution in [2.24, 2.45) is 0 Å². The molecular weight excluding hydrogens is 386 g/mol. The number of halogens is 4. The molecule has 0 bridgehead atoms. The van der Waals surface area contributed by atoms with Gasteiger partial charge in [0.25, 0.3) is 0 Å². The van der Waals surface area contributed by atoms with Crippen molar-refractivity contribution in [2.45, 2.75) is 46.9 Å². The lowest BCUT2D eigenvalue weighted by atomic mass is 10.2. The summed E-state index contributed by atoms with van der Waals surface area (Å²) in [4.78, 5) is -1.19. The zero-order chi connectivity index (χ0) is 16.2. The third kappa shape index (κ3) is 5.28. The van der Waals surface area contributed by atoms with E-state index in [1.54, 1.807) is 6.07 Å². The molecule has 0 heterocycles. The topological polar surface area (TPSA) is 61.2 Å². The van der Waals surface area contributed by atoms with Crippen LogP contribution in [0, 0.1) is 11.3 Å². The Kier molecular flexibility index (Phi) is 8.32. The number of nitrogens with zero attached hydrogens (tertiary/aromatic N) is 2. The zero-order valence-corrected chi connectivity index (χ0v) is 15.9. The largest absolute Gasteiger partial charge is 0.242 e. The highest BCUT2D eigenvalue weighted by molar-refractivity contribution is 8.11. The predicted molar refractivity (Wildman–Crippen MR) is 87.7 cm³/mol. The molecule has 0 spiro atoms. The zero-order valence-electron chi connectivity index (χ0n) is 11.2. The van der Waals surface area contributed by atoms with Crippen molar-refractivity contribution < 1.29 is 8.42 Å². The van der Waals surface area contributed by atoms with Crippen LogP contribution >= 0.6 is 58.4 Å². The molecule has 0 aromatic rings. The Morgan fingerprint density at radius 1 is 1.35 bits per heavy atom. The Labute approximate surface area is 144 Å². The van der Waals surface area contributed by atoms with Crippen LogP contribution in [-0.4, -0.2) is 31.9 Å².